The van der Waals surface area contributed by atoms with Gasteiger partial charge in [-0.15, -0.1) is 0 Å². The summed E-state index contributed by atoms with van der Waals surface area (Å²) in [6, 6.07) is 9.79. The minimum absolute atomic E-state index is 0.416. The van der Waals surface area contributed by atoms with Crippen LogP contribution in [0, 0.1) is 0 Å². The predicted octanol–water partition coefficient (Wildman–Crippen LogP) is 5.67. The number of H-pyrrole nitrogens is 1. The number of halogens is 2. The van der Waals surface area contributed by atoms with E-state index < -0.39 is 11.7 Å². The number of benzene rings is 2. The van der Waals surface area contributed by atoms with Crippen LogP contribution in [0.1, 0.15) is 20.8 Å². The summed E-state index contributed by atoms with van der Waals surface area (Å²) in [6.45, 7) is 6.55. The quantitative estimate of drug-likeness (QED) is 0.460. The van der Waals surface area contributed by atoms with Gasteiger partial charge in [-0.05, 0) is 51.1 Å². The van der Waals surface area contributed by atoms with E-state index >= 15 is 0 Å². The lowest BCUT2D eigenvalue weighted by atomic mass is 10.1. The molecule has 5 nitrogen and oxygen atoms in total. The van der Waals surface area contributed by atoms with E-state index in [-0.39, 0.29) is 0 Å². The molecule has 0 atom stereocenters. The molecule has 0 unspecified atom stereocenters. The van der Waals surface area contributed by atoms with Crippen LogP contribution in [0.2, 0.25) is 5.02 Å². The van der Waals surface area contributed by atoms with E-state index in [1.807, 2.05) is 51.1 Å². The summed E-state index contributed by atoms with van der Waals surface area (Å²) in [5.74, 6) is 0. The number of anilines is 1. The van der Waals surface area contributed by atoms with Crippen LogP contribution in [0.15, 0.2) is 34.8 Å². The molecule has 0 aliphatic heterocycles. The molecule has 3 rings (SSSR count). The van der Waals surface area contributed by atoms with Crippen LogP contribution < -0.4 is 10.6 Å². The maximum absolute atomic E-state index is 11.7. The van der Waals surface area contributed by atoms with Gasteiger partial charge in [-0.1, -0.05) is 27.5 Å². The Kier molecular flexibility index (Phi) is 5.34. The average molecular weight is 439 g/mol. The van der Waals surface area contributed by atoms with Gasteiger partial charge in [0.15, 0.2) is 0 Å². The van der Waals surface area contributed by atoms with Crippen molar-refractivity contribution < 1.29 is 9.53 Å². The van der Waals surface area contributed by atoms with Crippen LogP contribution in [-0.4, -0.2) is 29.8 Å². The fourth-order valence-corrected chi connectivity index (χ4v) is 3.48. The lowest BCUT2D eigenvalue weighted by molar-refractivity contribution is 0.0530. The highest BCUT2D eigenvalue weighted by molar-refractivity contribution is 9.10. The van der Waals surface area contributed by atoms with Crippen molar-refractivity contribution in [1.29, 1.82) is 0 Å². The largest absolute Gasteiger partial charge is 0.444 e. The number of amides is 1. The molecular formula is C19H21BrClN3O2. The van der Waals surface area contributed by atoms with Crippen LogP contribution in [0.4, 0.5) is 10.5 Å². The number of fused-ring (bicyclic) bond motifs is 3. The maximum atomic E-state index is 11.7. The molecule has 0 aliphatic rings. The van der Waals surface area contributed by atoms with Gasteiger partial charge in [-0.25, -0.2) is 4.79 Å². The highest BCUT2D eigenvalue weighted by Gasteiger charge is 2.15. The second-order valence-electron chi connectivity index (χ2n) is 7.02. The molecule has 3 aromatic rings. The van der Waals surface area contributed by atoms with Crippen molar-refractivity contribution in [3.8, 4) is 0 Å². The molecule has 0 aliphatic carbocycles. The summed E-state index contributed by atoms with van der Waals surface area (Å²) in [5, 5.41) is 8.94. The molecule has 2 aromatic carbocycles. The van der Waals surface area contributed by atoms with Crippen molar-refractivity contribution in [3.63, 3.8) is 0 Å². The normalized spacial score (nSPS) is 11.7. The van der Waals surface area contributed by atoms with E-state index in [0.29, 0.717) is 18.1 Å². The highest BCUT2D eigenvalue weighted by atomic mass is 79.9. The monoisotopic (exact) mass is 437 g/mol. The average Bonchev–Trinajstić information content (AvgIpc) is 2.91. The molecule has 3 N–H and O–H groups in total. The number of hydrogen-bond donors (Lipinski definition) is 3. The van der Waals surface area contributed by atoms with Crippen molar-refractivity contribution in [2.24, 2.45) is 0 Å². The van der Waals surface area contributed by atoms with Gasteiger partial charge in [0, 0.05) is 38.9 Å². The predicted molar refractivity (Wildman–Crippen MR) is 111 cm³/mol. The molecule has 1 heterocycles. The summed E-state index contributed by atoms with van der Waals surface area (Å²) in [7, 11) is 0. The Labute approximate surface area is 165 Å². The molecule has 0 spiro atoms. The van der Waals surface area contributed by atoms with Gasteiger partial charge in [0.25, 0.3) is 0 Å². The van der Waals surface area contributed by atoms with E-state index in [0.717, 1.165) is 32.0 Å². The molecule has 1 amide bonds. The van der Waals surface area contributed by atoms with E-state index in [9.17, 15) is 4.79 Å². The Balaban J connectivity index is 1.74. The number of rotatable bonds is 4. The number of aromatic nitrogens is 1. The minimum atomic E-state index is -0.499. The molecule has 0 radical (unpaired) electrons. The van der Waals surface area contributed by atoms with Gasteiger partial charge in [0.05, 0.1) is 11.2 Å². The van der Waals surface area contributed by atoms with Crippen molar-refractivity contribution in [2.45, 2.75) is 26.4 Å². The molecule has 26 heavy (non-hydrogen) atoms. The summed E-state index contributed by atoms with van der Waals surface area (Å²) in [4.78, 5) is 15.1. The molecule has 0 saturated carbocycles. The van der Waals surface area contributed by atoms with Crippen molar-refractivity contribution in [3.05, 3.63) is 39.8 Å². The number of carbonyl (C=O) groups excluding carboxylic acids is 1. The number of ether oxygens (including phenoxy) is 1. The fourth-order valence-electron chi connectivity index (χ4n) is 2.76. The number of aromatic amines is 1. The van der Waals surface area contributed by atoms with Gasteiger partial charge in [0.1, 0.15) is 5.60 Å². The zero-order chi connectivity index (χ0) is 18.9. The number of hydrogen-bond acceptors (Lipinski definition) is 3. The van der Waals surface area contributed by atoms with Crippen LogP contribution in [-0.2, 0) is 4.74 Å². The minimum Gasteiger partial charge on any atom is -0.444 e. The maximum Gasteiger partial charge on any atom is 0.407 e. The van der Waals surface area contributed by atoms with Gasteiger partial charge < -0.3 is 20.4 Å². The lowest BCUT2D eigenvalue weighted by Crippen LogP contribution is -2.35. The Morgan fingerprint density at radius 1 is 1.23 bits per heavy atom. The third kappa shape index (κ3) is 4.24. The Morgan fingerprint density at radius 2 is 2.00 bits per heavy atom. The zero-order valence-electron chi connectivity index (χ0n) is 14.9. The number of alkyl carbamates (subject to hydrolysis) is 1. The molecule has 0 bridgehead atoms. The molecule has 0 saturated heterocycles. The Bertz CT molecular complexity index is 963. The lowest BCUT2D eigenvalue weighted by Gasteiger charge is -2.19. The van der Waals surface area contributed by atoms with Crippen LogP contribution in [0.5, 0.6) is 0 Å². The third-order valence-electron chi connectivity index (χ3n) is 3.77. The van der Waals surface area contributed by atoms with E-state index in [1.165, 1.54) is 0 Å². The molecule has 138 valence electrons. The first-order valence-electron chi connectivity index (χ1n) is 8.35. The van der Waals surface area contributed by atoms with Gasteiger partial charge in [-0.2, -0.15) is 0 Å². The van der Waals surface area contributed by atoms with Crippen molar-refractivity contribution in [2.75, 3.05) is 18.4 Å². The van der Waals surface area contributed by atoms with Crippen LogP contribution in [0.3, 0.4) is 0 Å². The molecule has 1 aromatic heterocycles. The smallest absolute Gasteiger partial charge is 0.407 e. The van der Waals surface area contributed by atoms with E-state index in [4.69, 9.17) is 16.3 Å². The second kappa shape index (κ2) is 7.37. The van der Waals surface area contributed by atoms with Crippen LogP contribution >= 0.6 is 27.5 Å². The zero-order valence-corrected chi connectivity index (χ0v) is 17.2. The first-order valence-corrected chi connectivity index (χ1v) is 9.52. The van der Waals surface area contributed by atoms with Crippen molar-refractivity contribution in [1.82, 2.24) is 10.3 Å². The Hall–Kier alpha value is -1.92. The van der Waals surface area contributed by atoms with Gasteiger partial charge >= 0.3 is 6.09 Å². The summed E-state index contributed by atoms with van der Waals surface area (Å²) < 4.78 is 6.22. The summed E-state index contributed by atoms with van der Waals surface area (Å²) in [5.41, 5.74) is 2.47. The second-order valence-corrected chi connectivity index (χ2v) is 8.31. The number of nitrogens with one attached hydrogen (secondary N) is 3. The topological polar surface area (TPSA) is 66.2 Å². The first kappa shape index (κ1) is 18.9. The standard InChI is InChI=1S/C19H21BrClN3O2/c1-19(2,3)26-18(25)23-9-8-22-15-7-5-13(20)16-12-10-11(21)4-6-14(12)24-17(15)16/h4-7,10,22,24H,8-9H2,1-3H3,(H,23,25). The van der Waals surface area contributed by atoms with Gasteiger partial charge in [-0.3, -0.25) is 0 Å². The van der Waals surface area contributed by atoms with E-state index in [1.54, 1.807) is 0 Å². The molecular weight excluding hydrogens is 418 g/mol. The molecule has 7 heteroatoms. The number of carbonyl (C=O) groups is 1. The third-order valence-corrected chi connectivity index (χ3v) is 4.67. The first-order chi connectivity index (χ1) is 12.2. The summed E-state index contributed by atoms with van der Waals surface area (Å²) >= 11 is 9.77. The molecule has 0 fully saturated rings. The summed E-state index contributed by atoms with van der Waals surface area (Å²) in [6.07, 6.45) is -0.416. The SMILES string of the molecule is CC(C)(C)OC(=O)NCCNc1ccc(Br)c2c1[nH]c1ccc(Cl)cc12. The van der Waals surface area contributed by atoms with Crippen LogP contribution in [0.25, 0.3) is 21.8 Å². The Morgan fingerprint density at radius 3 is 2.73 bits per heavy atom. The van der Waals surface area contributed by atoms with Crippen molar-refractivity contribution >= 4 is 61.1 Å². The van der Waals surface area contributed by atoms with Gasteiger partial charge in [0.2, 0.25) is 0 Å². The van der Waals surface area contributed by atoms with E-state index in [2.05, 4.69) is 31.5 Å². The fraction of sp³-hybridized carbons (Fsp3) is 0.316. The highest BCUT2D eigenvalue weighted by Crippen LogP contribution is 2.36.